The molecule has 104 valence electrons. The van der Waals surface area contributed by atoms with Gasteiger partial charge in [0.05, 0.1) is 12.2 Å². The van der Waals surface area contributed by atoms with Crippen LogP contribution in [-0.2, 0) is 0 Å². The monoisotopic (exact) mass is 273 g/mol. The molecule has 1 saturated heterocycles. The van der Waals surface area contributed by atoms with Gasteiger partial charge in [0.1, 0.15) is 5.76 Å². The van der Waals surface area contributed by atoms with Crippen LogP contribution in [-0.4, -0.2) is 44.0 Å². The van der Waals surface area contributed by atoms with E-state index in [0.29, 0.717) is 18.2 Å². The molecule has 20 heavy (non-hydrogen) atoms. The summed E-state index contributed by atoms with van der Waals surface area (Å²) in [6.07, 6.45) is 6.66. The van der Waals surface area contributed by atoms with Gasteiger partial charge in [-0.1, -0.05) is 10.4 Å². The van der Waals surface area contributed by atoms with E-state index < -0.39 is 0 Å². The molecule has 0 N–H and O–H groups in total. The van der Waals surface area contributed by atoms with Crippen molar-refractivity contribution in [3.05, 3.63) is 29.9 Å². The minimum Gasteiger partial charge on any atom is -0.360 e. The van der Waals surface area contributed by atoms with E-state index >= 15 is 0 Å². The fourth-order valence-electron chi connectivity index (χ4n) is 2.67. The minimum absolute atomic E-state index is 0.0525. The predicted molar refractivity (Wildman–Crippen MR) is 68.1 cm³/mol. The zero-order chi connectivity index (χ0) is 13.5. The standard InChI is InChI=1S/C13H15N5O2/c19-13(11-7-12(20-15-11)9-1-2-9)17-5-3-10(8-17)18-6-4-14-16-18/h4,6-7,9-10H,1-3,5,8H2/t10-/m0/s1. The van der Waals surface area contributed by atoms with Crippen LogP contribution >= 0.6 is 0 Å². The zero-order valence-corrected chi connectivity index (χ0v) is 11.0. The maximum absolute atomic E-state index is 12.4. The van der Waals surface area contributed by atoms with Crippen LogP contribution in [0.25, 0.3) is 0 Å². The smallest absolute Gasteiger partial charge is 0.276 e. The Kier molecular flexibility index (Phi) is 2.58. The average Bonchev–Trinajstić information content (AvgIpc) is 2.97. The summed E-state index contributed by atoms with van der Waals surface area (Å²) in [5.74, 6) is 1.27. The predicted octanol–water partition coefficient (Wildman–Crippen LogP) is 1.23. The summed E-state index contributed by atoms with van der Waals surface area (Å²) < 4.78 is 7.05. The maximum Gasteiger partial charge on any atom is 0.276 e. The van der Waals surface area contributed by atoms with Crippen LogP contribution in [0.5, 0.6) is 0 Å². The minimum atomic E-state index is -0.0525. The van der Waals surface area contributed by atoms with Gasteiger partial charge in [-0.05, 0) is 19.3 Å². The van der Waals surface area contributed by atoms with Crippen molar-refractivity contribution in [3.8, 4) is 0 Å². The molecule has 1 atom stereocenters. The summed E-state index contributed by atoms with van der Waals surface area (Å²) >= 11 is 0. The van der Waals surface area contributed by atoms with Crippen molar-refractivity contribution < 1.29 is 9.32 Å². The van der Waals surface area contributed by atoms with Gasteiger partial charge in [0, 0.05) is 31.3 Å². The van der Waals surface area contributed by atoms with Crippen molar-refractivity contribution in [1.29, 1.82) is 0 Å². The molecular formula is C13H15N5O2. The summed E-state index contributed by atoms with van der Waals surface area (Å²) in [5, 5.41) is 11.7. The van der Waals surface area contributed by atoms with Gasteiger partial charge >= 0.3 is 0 Å². The molecule has 1 saturated carbocycles. The molecule has 2 aliphatic rings. The van der Waals surface area contributed by atoms with E-state index in [1.54, 1.807) is 17.2 Å². The normalized spacial score (nSPS) is 22.4. The Bertz CT molecular complexity index is 617. The lowest BCUT2D eigenvalue weighted by Gasteiger charge is -2.14. The molecular weight excluding hydrogens is 258 g/mol. The van der Waals surface area contributed by atoms with Crippen LogP contribution in [0.4, 0.5) is 0 Å². The summed E-state index contributed by atoms with van der Waals surface area (Å²) in [4.78, 5) is 14.2. The Morgan fingerprint density at radius 2 is 2.25 bits per heavy atom. The Morgan fingerprint density at radius 1 is 1.35 bits per heavy atom. The topological polar surface area (TPSA) is 77.0 Å². The summed E-state index contributed by atoms with van der Waals surface area (Å²) in [6.45, 7) is 1.36. The van der Waals surface area contributed by atoms with Gasteiger partial charge < -0.3 is 9.42 Å². The van der Waals surface area contributed by atoms with Crippen LogP contribution in [0, 0.1) is 0 Å². The van der Waals surface area contributed by atoms with Crippen molar-refractivity contribution >= 4 is 5.91 Å². The highest BCUT2D eigenvalue weighted by Gasteiger charge is 2.32. The lowest BCUT2D eigenvalue weighted by Crippen LogP contribution is -2.29. The van der Waals surface area contributed by atoms with Crippen molar-refractivity contribution in [1.82, 2.24) is 25.1 Å². The molecule has 1 aliphatic heterocycles. The van der Waals surface area contributed by atoms with Gasteiger partial charge in [-0.3, -0.25) is 4.79 Å². The molecule has 1 aliphatic carbocycles. The van der Waals surface area contributed by atoms with E-state index in [1.165, 1.54) is 0 Å². The van der Waals surface area contributed by atoms with Crippen LogP contribution in [0.2, 0.25) is 0 Å². The molecule has 2 aromatic rings. The van der Waals surface area contributed by atoms with Gasteiger partial charge in [-0.25, -0.2) is 4.68 Å². The number of likely N-dealkylation sites (tertiary alicyclic amines) is 1. The van der Waals surface area contributed by atoms with Crippen molar-refractivity contribution in [2.75, 3.05) is 13.1 Å². The molecule has 7 heteroatoms. The number of aromatic nitrogens is 4. The molecule has 2 fully saturated rings. The third-order valence-electron chi connectivity index (χ3n) is 3.99. The highest BCUT2D eigenvalue weighted by Crippen LogP contribution is 2.40. The molecule has 4 rings (SSSR count). The first-order valence-electron chi connectivity index (χ1n) is 6.93. The maximum atomic E-state index is 12.4. The molecule has 0 bridgehead atoms. The highest BCUT2D eigenvalue weighted by atomic mass is 16.5. The molecule has 0 aromatic carbocycles. The van der Waals surface area contributed by atoms with Gasteiger partial charge in [0.25, 0.3) is 5.91 Å². The van der Waals surface area contributed by atoms with E-state index in [0.717, 1.165) is 31.6 Å². The average molecular weight is 273 g/mol. The second-order valence-corrected chi connectivity index (χ2v) is 5.47. The number of nitrogens with zero attached hydrogens (tertiary/aromatic N) is 5. The molecule has 3 heterocycles. The Balaban J connectivity index is 1.46. The number of amides is 1. The zero-order valence-electron chi connectivity index (χ0n) is 11.0. The van der Waals surface area contributed by atoms with Gasteiger partial charge in [0.2, 0.25) is 0 Å². The lowest BCUT2D eigenvalue weighted by atomic mass is 10.2. The third kappa shape index (κ3) is 1.99. The van der Waals surface area contributed by atoms with Crippen molar-refractivity contribution in [2.24, 2.45) is 0 Å². The van der Waals surface area contributed by atoms with Crippen LogP contribution in [0.15, 0.2) is 23.0 Å². The Morgan fingerprint density at radius 3 is 3.00 bits per heavy atom. The Labute approximate surface area is 115 Å². The van der Waals surface area contributed by atoms with Gasteiger partial charge in [0.15, 0.2) is 5.69 Å². The van der Waals surface area contributed by atoms with E-state index in [2.05, 4.69) is 15.5 Å². The van der Waals surface area contributed by atoms with E-state index in [4.69, 9.17) is 4.52 Å². The fraction of sp³-hybridized carbons (Fsp3) is 0.538. The summed E-state index contributed by atoms with van der Waals surface area (Å²) in [7, 11) is 0. The van der Waals surface area contributed by atoms with E-state index in [9.17, 15) is 4.79 Å². The van der Waals surface area contributed by atoms with E-state index in [-0.39, 0.29) is 11.9 Å². The molecule has 0 radical (unpaired) electrons. The molecule has 0 unspecified atom stereocenters. The summed E-state index contributed by atoms with van der Waals surface area (Å²) in [5.41, 5.74) is 0.422. The van der Waals surface area contributed by atoms with Gasteiger partial charge in [-0.2, -0.15) is 0 Å². The number of rotatable bonds is 3. The molecule has 2 aromatic heterocycles. The van der Waals surface area contributed by atoms with E-state index in [1.807, 2.05) is 10.9 Å². The first-order chi connectivity index (χ1) is 9.81. The molecule has 0 spiro atoms. The molecule has 1 amide bonds. The SMILES string of the molecule is O=C(c1cc(C2CC2)on1)N1CC[C@H](n2ccnn2)C1. The third-order valence-corrected chi connectivity index (χ3v) is 3.99. The number of hydrogen-bond donors (Lipinski definition) is 0. The fourth-order valence-corrected chi connectivity index (χ4v) is 2.67. The number of carbonyl (C=O) groups excluding carboxylic acids is 1. The van der Waals surface area contributed by atoms with Crippen LogP contribution in [0.3, 0.4) is 0 Å². The Hall–Kier alpha value is -2.18. The van der Waals surface area contributed by atoms with Gasteiger partial charge in [-0.15, -0.1) is 5.10 Å². The number of carbonyl (C=O) groups is 1. The second-order valence-electron chi connectivity index (χ2n) is 5.47. The van der Waals surface area contributed by atoms with Crippen molar-refractivity contribution in [3.63, 3.8) is 0 Å². The van der Waals surface area contributed by atoms with Crippen molar-refractivity contribution in [2.45, 2.75) is 31.2 Å². The summed E-state index contributed by atoms with van der Waals surface area (Å²) in [6, 6.07) is 2.00. The first-order valence-corrected chi connectivity index (χ1v) is 6.93. The molecule has 7 nitrogen and oxygen atoms in total. The quantitative estimate of drug-likeness (QED) is 0.840. The number of hydrogen-bond acceptors (Lipinski definition) is 5. The lowest BCUT2D eigenvalue weighted by molar-refractivity contribution is 0.0776. The second kappa shape index (κ2) is 4.43. The van der Waals surface area contributed by atoms with Crippen LogP contribution in [0.1, 0.15) is 47.5 Å². The first kappa shape index (κ1) is 11.6. The highest BCUT2D eigenvalue weighted by molar-refractivity contribution is 5.92. The van der Waals surface area contributed by atoms with Crippen LogP contribution < -0.4 is 0 Å². The largest absolute Gasteiger partial charge is 0.360 e.